The SMILES string of the molecule is CCCNc1ccc2ncc(-c3ccc(F)cc3)n2n1. The number of aromatic nitrogens is 3. The van der Waals surface area contributed by atoms with Gasteiger partial charge >= 0.3 is 0 Å². The summed E-state index contributed by atoms with van der Waals surface area (Å²) in [6, 6.07) is 10.2. The van der Waals surface area contributed by atoms with Crippen molar-refractivity contribution < 1.29 is 4.39 Å². The molecule has 0 aliphatic heterocycles. The van der Waals surface area contributed by atoms with Crippen LogP contribution in [0.5, 0.6) is 0 Å². The van der Waals surface area contributed by atoms with Gasteiger partial charge in [-0.15, -0.1) is 5.10 Å². The molecule has 4 nitrogen and oxygen atoms in total. The van der Waals surface area contributed by atoms with Crippen LogP contribution in [0.25, 0.3) is 16.9 Å². The lowest BCUT2D eigenvalue weighted by Gasteiger charge is -2.05. The molecule has 3 aromatic rings. The molecule has 0 amide bonds. The number of nitrogens with zero attached hydrogens (tertiary/aromatic N) is 3. The summed E-state index contributed by atoms with van der Waals surface area (Å²) >= 11 is 0. The van der Waals surface area contributed by atoms with Crippen molar-refractivity contribution in [3.05, 3.63) is 48.4 Å². The van der Waals surface area contributed by atoms with Crippen molar-refractivity contribution in [1.29, 1.82) is 0 Å². The monoisotopic (exact) mass is 270 g/mol. The Morgan fingerprint density at radius 1 is 1.15 bits per heavy atom. The summed E-state index contributed by atoms with van der Waals surface area (Å²) in [7, 11) is 0. The molecule has 5 heteroatoms. The lowest BCUT2D eigenvalue weighted by molar-refractivity contribution is 0.628. The topological polar surface area (TPSA) is 42.2 Å². The van der Waals surface area contributed by atoms with E-state index >= 15 is 0 Å². The third-order valence-electron chi connectivity index (χ3n) is 3.06. The quantitative estimate of drug-likeness (QED) is 0.790. The van der Waals surface area contributed by atoms with E-state index < -0.39 is 0 Å². The van der Waals surface area contributed by atoms with E-state index in [1.165, 1.54) is 12.1 Å². The zero-order valence-corrected chi connectivity index (χ0v) is 11.2. The molecule has 2 aromatic heterocycles. The Labute approximate surface area is 116 Å². The fourth-order valence-corrected chi connectivity index (χ4v) is 2.04. The van der Waals surface area contributed by atoms with E-state index in [9.17, 15) is 4.39 Å². The molecular formula is C15H15FN4. The van der Waals surface area contributed by atoms with Gasteiger partial charge in [-0.2, -0.15) is 0 Å². The first-order valence-electron chi connectivity index (χ1n) is 6.62. The predicted molar refractivity (Wildman–Crippen MR) is 77.2 cm³/mol. The fourth-order valence-electron chi connectivity index (χ4n) is 2.04. The molecule has 0 atom stereocenters. The van der Waals surface area contributed by atoms with Crippen LogP contribution in [0.1, 0.15) is 13.3 Å². The maximum atomic E-state index is 13.0. The maximum Gasteiger partial charge on any atom is 0.154 e. The normalized spacial score (nSPS) is 10.9. The van der Waals surface area contributed by atoms with E-state index in [2.05, 4.69) is 22.3 Å². The van der Waals surface area contributed by atoms with Crippen molar-refractivity contribution in [3.8, 4) is 11.3 Å². The Hall–Kier alpha value is -2.43. The number of rotatable bonds is 4. The average Bonchev–Trinajstić information content (AvgIpc) is 2.89. The minimum Gasteiger partial charge on any atom is -0.369 e. The molecule has 0 bridgehead atoms. The van der Waals surface area contributed by atoms with Gasteiger partial charge in [0.25, 0.3) is 0 Å². The van der Waals surface area contributed by atoms with Crippen LogP contribution < -0.4 is 5.32 Å². The number of hydrogen-bond donors (Lipinski definition) is 1. The first-order chi connectivity index (χ1) is 9.78. The highest BCUT2D eigenvalue weighted by Crippen LogP contribution is 2.21. The second-order valence-electron chi connectivity index (χ2n) is 4.57. The average molecular weight is 270 g/mol. The van der Waals surface area contributed by atoms with E-state index in [-0.39, 0.29) is 5.82 Å². The number of nitrogens with one attached hydrogen (secondary N) is 1. The molecule has 0 spiro atoms. The van der Waals surface area contributed by atoms with Crippen molar-refractivity contribution in [1.82, 2.24) is 14.6 Å². The van der Waals surface area contributed by atoms with E-state index in [0.717, 1.165) is 35.7 Å². The molecule has 0 aliphatic carbocycles. The number of imidazole rings is 1. The van der Waals surface area contributed by atoms with Gasteiger partial charge in [-0.1, -0.05) is 6.92 Å². The molecular weight excluding hydrogens is 255 g/mol. The molecule has 0 radical (unpaired) electrons. The summed E-state index contributed by atoms with van der Waals surface area (Å²) < 4.78 is 14.8. The fraction of sp³-hybridized carbons (Fsp3) is 0.200. The van der Waals surface area contributed by atoms with E-state index in [0.29, 0.717) is 0 Å². The third kappa shape index (κ3) is 2.34. The highest BCUT2D eigenvalue weighted by Gasteiger charge is 2.07. The second kappa shape index (κ2) is 5.28. The molecule has 2 heterocycles. The van der Waals surface area contributed by atoms with Gasteiger partial charge in [-0.05, 0) is 42.8 Å². The minimum atomic E-state index is -0.249. The summed E-state index contributed by atoms with van der Waals surface area (Å²) in [4.78, 5) is 4.32. The highest BCUT2D eigenvalue weighted by molar-refractivity contribution is 5.63. The van der Waals surface area contributed by atoms with Gasteiger partial charge in [0.05, 0.1) is 11.9 Å². The number of benzene rings is 1. The smallest absolute Gasteiger partial charge is 0.154 e. The van der Waals surface area contributed by atoms with E-state index in [1.807, 2.05) is 12.1 Å². The Morgan fingerprint density at radius 3 is 2.70 bits per heavy atom. The van der Waals surface area contributed by atoms with Gasteiger partial charge in [-0.3, -0.25) is 0 Å². The van der Waals surface area contributed by atoms with Gasteiger partial charge in [0.1, 0.15) is 11.6 Å². The largest absolute Gasteiger partial charge is 0.369 e. The van der Waals surface area contributed by atoms with Crippen LogP contribution in [0.2, 0.25) is 0 Å². The van der Waals surface area contributed by atoms with Gasteiger partial charge in [0, 0.05) is 12.1 Å². The van der Waals surface area contributed by atoms with Crippen LogP contribution >= 0.6 is 0 Å². The van der Waals surface area contributed by atoms with Crippen molar-refractivity contribution in [3.63, 3.8) is 0 Å². The molecule has 1 N–H and O–H groups in total. The van der Waals surface area contributed by atoms with Crippen molar-refractivity contribution in [2.24, 2.45) is 0 Å². The molecule has 1 aromatic carbocycles. The lowest BCUT2D eigenvalue weighted by atomic mass is 10.2. The summed E-state index contributed by atoms with van der Waals surface area (Å²) in [6.07, 6.45) is 2.79. The number of anilines is 1. The second-order valence-corrected chi connectivity index (χ2v) is 4.57. The van der Waals surface area contributed by atoms with Gasteiger partial charge in [-0.25, -0.2) is 13.9 Å². The number of fused-ring (bicyclic) bond motifs is 1. The van der Waals surface area contributed by atoms with Gasteiger partial charge in [0.15, 0.2) is 5.65 Å². The molecule has 0 unspecified atom stereocenters. The minimum absolute atomic E-state index is 0.249. The highest BCUT2D eigenvalue weighted by atomic mass is 19.1. The maximum absolute atomic E-state index is 13.0. The van der Waals surface area contributed by atoms with Crippen LogP contribution in [0, 0.1) is 5.82 Å². The summed E-state index contributed by atoms with van der Waals surface area (Å²) in [5.41, 5.74) is 2.51. The summed E-state index contributed by atoms with van der Waals surface area (Å²) in [6.45, 7) is 2.98. The van der Waals surface area contributed by atoms with Crippen molar-refractivity contribution in [2.75, 3.05) is 11.9 Å². The Bertz CT molecular complexity index is 718. The predicted octanol–water partition coefficient (Wildman–Crippen LogP) is 3.36. The molecule has 102 valence electrons. The lowest BCUT2D eigenvalue weighted by Crippen LogP contribution is -2.05. The molecule has 0 fully saturated rings. The first kappa shape index (κ1) is 12.6. The van der Waals surface area contributed by atoms with Crippen LogP contribution in [0.4, 0.5) is 10.2 Å². The Balaban J connectivity index is 2.04. The molecule has 3 rings (SSSR count). The molecule has 0 saturated heterocycles. The molecule has 20 heavy (non-hydrogen) atoms. The number of halogens is 1. The van der Waals surface area contributed by atoms with Crippen molar-refractivity contribution >= 4 is 11.5 Å². The van der Waals surface area contributed by atoms with Gasteiger partial charge in [0.2, 0.25) is 0 Å². The molecule has 0 saturated carbocycles. The third-order valence-corrected chi connectivity index (χ3v) is 3.06. The zero-order chi connectivity index (χ0) is 13.9. The zero-order valence-electron chi connectivity index (χ0n) is 11.2. The van der Waals surface area contributed by atoms with Crippen LogP contribution in [0.15, 0.2) is 42.6 Å². The standard InChI is InChI=1S/C15H15FN4/c1-2-9-17-14-7-8-15-18-10-13(20(15)19-14)11-3-5-12(16)6-4-11/h3-8,10H,2,9H2,1H3,(H,17,19). The first-order valence-corrected chi connectivity index (χ1v) is 6.62. The Kier molecular flexibility index (Phi) is 3.33. The molecule has 0 aliphatic rings. The summed E-state index contributed by atoms with van der Waals surface area (Å²) in [5.74, 6) is 0.557. The van der Waals surface area contributed by atoms with Crippen molar-refractivity contribution in [2.45, 2.75) is 13.3 Å². The summed E-state index contributed by atoms with van der Waals surface area (Å²) in [5, 5.41) is 7.77. The number of hydrogen-bond acceptors (Lipinski definition) is 3. The van der Waals surface area contributed by atoms with E-state index in [4.69, 9.17) is 0 Å². The Morgan fingerprint density at radius 2 is 1.95 bits per heavy atom. The van der Waals surface area contributed by atoms with Crippen LogP contribution in [0.3, 0.4) is 0 Å². The van der Waals surface area contributed by atoms with Crippen LogP contribution in [-0.4, -0.2) is 21.1 Å². The van der Waals surface area contributed by atoms with Gasteiger partial charge < -0.3 is 5.32 Å². The van der Waals surface area contributed by atoms with E-state index in [1.54, 1.807) is 22.8 Å². The van der Waals surface area contributed by atoms with Crippen LogP contribution in [-0.2, 0) is 0 Å².